The Kier molecular flexibility index (Phi) is 6.45. The number of carbonyl (C=O) groups excluding carboxylic acids is 1. The molecular weight excluding hydrogens is 276 g/mol. The van der Waals surface area contributed by atoms with Crippen molar-refractivity contribution < 1.29 is 9.53 Å². The van der Waals surface area contributed by atoms with Crippen LogP contribution in [0.5, 0.6) is 5.75 Å². The maximum Gasteiger partial charge on any atom is 0.225 e. The number of rotatable bonds is 8. The SMILES string of the molecule is COc1ccccc1NC(=O)CCNCCc1ccccc1. The van der Waals surface area contributed by atoms with Crippen LogP contribution < -0.4 is 15.4 Å². The number of carbonyl (C=O) groups is 1. The summed E-state index contributed by atoms with van der Waals surface area (Å²) in [7, 11) is 1.59. The monoisotopic (exact) mass is 298 g/mol. The van der Waals surface area contributed by atoms with Crippen molar-refractivity contribution in [2.24, 2.45) is 0 Å². The molecule has 2 rings (SSSR count). The largest absolute Gasteiger partial charge is 0.495 e. The van der Waals surface area contributed by atoms with E-state index in [-0.39, 0.29) is 5.91 Å². The third-order valence-electron chi connectivity index (χ3n) is 3.34. The van der Waals surface area contributed by atoms with Crippen LogP contribution in [0.25, 0.3) is 0 Å². The predicted octanol–water partition coefficient (Wildman–Crippen LogP) is 2.86. The van der Waals surface area contributed by atoms with Gasteiger partial charge >= 0.3 is 0 Å². The molecule has 0 unspecified atom stereocenters. The molecule has 4 heteroatoms. The minimum atomic E-state index is -0.0169. The first-order valence-electron chi connectivity index (χ1n) is 7.47. The van der Waals surface area contributed by atoms with Gasteiger partial charge in [0.15, 0.2) is 0 Å². The van der Waals surface area contributed by atoms with Crippen LogP contribution >= 0.6 is 0 Å². The Balaban J connectivity index is 1.65. The summed E-state index contributed by atoms with van der Waals surface area (Å²) in [6.07, 6.45) is 1.40. The Hall–Kier alpha value is -2.33. The summed E-state index contributed by atoms with van der Waals surface area (Å²) in [6.45, 7) is 1.53. The number of hydrogen-bond acceptors (Lipinski definition) is 3. The lowest BCUT2D eigenvalue weighted by Crippen LogP contribution is -2.23. The van der Waals surface area contributed by atoms with E-state index in [0.717, 1.165) is 13.0 Å². The molecular formula is C18H22N2O2. The fourth-order valence-electron chi connectivity index (χ4n) is 2.16. The zero-order chi connectivity index (χ0) is 15.6. The van der Waals surface area contributed by atoms with Crippen molar-refractivity contribution in [2.45, 2.75) is 12.8 Å². The zero-order valence-corrected chi connectivity index (χ0v) is 12.8. The average molecular weight is 298 g/mol. The summed E-state index contributed by atoms with van der Waals surface area (Å²) in [6, 6.07) is 17.7. The number of amides is 1. The van der Waals surface area contributed by atoms with Crippen molar-refractivity contribution in [1.29, 1.82) is 0 Å². The third-order valence-corrected chi connectivity index (χ3v) is 3.34. The lowest BCUT2D eigenvalue weighted by atomic mass is 10.1. The van der Waals surface area contributed by atoms with Gasteiger partial charge in [-0.1, -0.05) is 42.5 Å². The van der Waals surface area contributed by atoms with Crippen LogP contribution in [0.15, 0.2) is 54.6 Å². The first-order chi connectivity index (χ1) is 10.8. The van der Waals surface area contributed by atoms with Crippen LogP contribution in [0, 0.1) is 0 Å². The lowest BCUT2D eigenvalue weighted by Gasteiger charge is -2.10. The Bertz CT molecular complexity index is 585. The van der Waals surface area contributed by atoms with Gasteiger partial charge in [0.2, 0.25) is 5.91 Å². The molecule has 22 heavy (non-hydrogen) atoms. The molecule has 0 spiro atoms. The second kappa shape index (κ2) is 8.85. The van der Waals surface area contributed by atoms with Gasteiger partial charge in [0.05, 0.1) is 12.8 Å². The minimum absolute atomic E-state index is 0.0169. The second-order valence-electron chi connectivity index (χ2n) is 4.98. The highest BCUT2D eigenvalue weighted by atomic mass is 16.5. The normalized spacial score (nSPS) is 10.2. The molecule has 0 radical (unpaired) electrons. The van der Waals surface area contributed by atoms with E-state index in [0.29, 0.717) is 24.4 Å². The molecule has 0 atom stereocenters. The van der Waals surface area contributed by atoms with Gasteiger partial charge in [0.25, 0.3) is 0 Å². The molecule has 2 N–H and O–H groups in total. The summed E-state index contributed by atoms with van der Waals surface area (Å²) in [5, 5.41) is 6.15. The summed E-state index contributed by atoms with van der Waals surface area (Å²) in [5.41, 5.74) is 2.01. The van der Waals surface area contributed by atoms with Gasteiger partial charge in [0.1, 0.15) is 5.75 Å². The first kappa shape index (κ1) is 16.0. The molecule has 0 fully saturated rings. The van der Waals surface area contributed by atoms with E-state index < -0.39 is 0 Å². The highest BCUT2D eigenvalue weighted by molar-refractivity contribution is 5.92. The van der Waals surface area contributed by atoms with E-state index >= 15 is 0 Å². The van der Waals surface area contributed by atoms with E-state index in [4.69, 9.17) is 4.74 Å². The summed E-state index contributed by atoms with van der Waals surface area (Å²) >= 11 is 0. The van der Waals surface area contributed by atoms with E-state index in [1.54, 1.807) is 7.11 Å². The molecule has 1 amide bonds. The number of para-hydroxylation sites is 2. The second-order valence-corrected chi connectivity index (χ2v) is 4.98. The maximum atomic E-state index is 11.9. The quantitative estimate of drug-likeness (QED) is 0.737. The van der Waals surface area contributed by atoms with E-state index in [1.165, 1.54) is 5.56 Å². The average Bonchev–Trinajstić information content (AvgIpc) is 2.56. The molecule has 0 saturated carbocycles. The Morgan fingerprint density at radius 1 is 1.00 bits per heavy atom. The van der Waals surface area contributed by atoms with Crippen molar-refractivity contribution in [1.82, 2.24) is 5.32 Å². The fraction of sp³-hybridized carbons (Fsp3) is 0.278. The van der Waals surface area contributed by atoms with Gasteiger partial charge in [-0.25, -0.2) is 0 Å². The highest BCUT2D eigenvalue weighted by Gasteiger charge is 2.06. The standard InChI is InChI=1S/C18H22N2O2/c1-22-17-10-6-5-9-16(17)20-18(21)12-14-19-13-11-15-7-3-2-4-8-15/h2-10,19H,11-14H2,1H3,(H,20,21). The Morgan fingerprint density at radius 2 is 1.73 bits per heavy atom. The van der Waals surface area contributed by atoms with Gasteiger partial charge in [0, 0.05) is 13.0 Å². The van der Waals surface area contributed by atoms with Crippen LogP contribution in [0.1, 0.15) is 12.0 Å². The lowest BCUT2D eigenvalue weighted by molar-refractivity contribution is -0.116. The summed E-state index contributed by atoms with van der Waals surface area (Å²) in [4.78, 5) is 11.9. The van der Waals surface area contributed by atoms with Crippen molar-refractivity contribution in [2.75, 3.05) is 25.5 Å². The Morgan fingerprint density at radius 3 is 2.50 bits per heavy atom. The maximum absolute atomic E-state index is 11.9. The van der Waals surface area contributed by atoms with E-state index in [2.05, 4.69) is 22.8 Å². The smallest absolute Gasteiger partial charge is 0.225 e. The molecule has 116 valence electrons. The highest BCUT2D eigenvalue weighted by Crippen LogP contribution is 2.22. The minimum Gasteiger partial charge on any atom is -0.495 e. The van der Waals surface area contributed by atoms with E-state index in [1.807, 2.05) is 42.5 Å². The molecule has 4 nitrogen and oxygen atoms in total. The summed E-state index contributed by atoms with van der Waals surface area (Å²) in [5.74, 6) is 0.657. The van der Waals surface area contributed by atoms with Crippen molar-refractivity contribution in [3.05, 3.63) is 60.2 Å². The van der Waals surface area contributed by atoms with Crippen LogP contribution in [0.4, 0.5) is 5.69 Å². The van der Waals surface area contributed by atoms with Crippen LogP contribution in [-0.2, 0) is 11.2 Å². The molecule has 2 aromatic carbocycles. The topological polar surface area (TPSA) is 50.4 Å². The first-order valence-corrected chi connectivity index (χ1v) is 7.47. The number of anilines is 1. The summed E-state index contributed by atoms with van der Waals surface area (Å²) < 4.78 is 5.21. The van der Waals surface area contributed by atoms with Crippen LogP contribution in [0.2, 0.25) is 0 Å². The molecule has 0 heterocycles. The molecule has 0 saturated heterocycles. The number of benzene rings is 2. The fourth-order valence-corrected chi connectivity index (χ4v) is 2.16. The van der Waals surface area contributed by atoms with Crippen molar-refractivity contribution in [3.8, 4) is 5.75 Å². The number of ether oxygens (including phenoxy) is 1. The molecule has 0 aliphatic heterocycles. The number of hydrogen-bond donors (Lipinski definition) is 2. The molecule has 0 bridgehead atoms. The van der Waals surface area contributed by atoms with Crippen molar-refractivity contribution in [3.63, 3.8) is 0 Å². The van der Waals surface area contributed by atoms with Gasteiger partial charge in [-0.05, 0) is 30.7 Å². The number of methoxy groups -OCH3 is 1. The Labute approximate surface area is 131 Å². The molecule has 0 aromatic heterocycles. The van der Waals surface area contributed by atoms with Crippen LogP contribution in [-0.4, -0.2) is 26.1 Å². The zero-order valence-electron chi connectivity index (χ0n) is 12.8. The molecule has 0 aliphatic carbocycles. The van der Waals surface area contributed by atoms with E-state index in [9.17, 15) is 4.79 Å². The molecule has 0 aliphatic rings. The van der Waals surface area contributed by atoms with Gasteiger partial charge in [-0.2, -0.15) is 0 Å². The predicted molar refractivity (Wildman–Crippen MR) is 89.3 cm³/mol. The molecule has 2 aromatic rings. The van der Waals surface area contributed by atoms with Gasteiger partial charge in [-0.3, -0.25) is 4.79 Å². The van der Waals surface area contributed by atoms with Crippen molar-refractivity contribution >= 4 is 11.6 Å². The van der Waals surface area contributed by atoms with Gasteiger partial charge < -0.3 is 15.4 Å². The third kappa shape index (κ3) is 5.22. The van der Waals surface area contributed by atoms with Crippen LogP contribution in [0.3, 0.4) is 0 Å². The van der Waals surface area contributed by atoms with Gasteiger partial charge in [-0.15, -0.1) is 0 Å². The number of nitrogens with one attached hydrogen (secondary N) is 2.